The van der Waals surface area contributed by atoms with E-state index in [-0.39, 0.29) is 22.8 Å². The molecule has 0 spiro atoms. The molecule has 0 bridgehead atoms. The number of rotatable bonds is 7. The molecule has 1 aliphatic carbocycles. The number of carboxylic acid groups (broad SMARTS) is 1. The Morgan fingerprint density at radius 1 is 1.27 bits per heavy atom. The molecule has 120 valence electrons. The van der Waals surface area contributed by atoms with Crippen LogP contribution in [0.25, 0.3) is 0 Å². The SMILES string of the molecule is O=C(O)CSCC(=O)NCC1(c2ccc(Cl)cc2Cl)CCC1. The average molecular weight is 362 g/mol. The fraction of sp³-hybridized carbons (Fsp3) is 0.467. The normalized spacial score (nSPS) is 15.9. The van der Waals surface area contributed by atoms with Crippen LogP contribution in [0.1, 0.15) is 24.8 Å². The first-order valence-electron chi connectivity index (χ1n) is 6.95. The zero-order valence-electron chi connectivity index (χ0n) is 11.9. The molecule has 0 atom stereocenters. The first-order chi connectivity index (χ1) is 10.4. The van der Waals surface area contributed by atoms with Gasteiger partial charge in [-0.1, -0.05) is 35.7 Å². The lowest BCUT2D eigenvalue weighted by Gasteiger charge is -2.43. The average Bonchev–Trinajstić information content (AvgIpc) is 2.39. The summed E-state index contributed by atoms with van der Waals surface area (Å²) in [5.41, 5.74) is 0.887. The van der Waals surface area contributed by atoms with E-state index in [0.717, 1.165) is 36.6 Å². The number of carbonyl (C=O) groups is 2. The number of hydrogen-bond donors (Lipinski definition) is 2. The minimum Gasteiger partial charge on any atom is -0.481 e. The molecule has 0 radical (unpaired) electrons. The molecule has 0 aliphatic heterocycles. The lowest BCUT2D eigenvalue weighted by atomic mass is 9.64. The maximum atomic E-state index is 11.8. The number of thioether (sulfide) groups is 1. The van der Waals surface area contributed by atoms with E-state index in [1.807, 2.05) is 12.1 Å². The Labute approximate surface area is 143 Å². The second-order valence-electron chi connectivity index (χ2n) is 5.42. The van der Waals surface area contributed by atoms with Crippen LogP contribution >= 0.6 is 35.0 Å². The Morgan fingerprint density at radius 2 is 2.00 bits per heavy atom. The van der Waals surface area contributed by atoms with Crippen LogP contribution in [0.3, 0.4) is 0 Å². The Balaban J connectivity index is 1.94. The van der Waals surface area contributed by atoms with Gasteiger partial charge < -0.3 is 10.4 Å². The van der Waals surface area contributed by atoms with Crippen molar-refractivity contribution in [1.29, 1.82) is 0 Å². The molecular formula is C15H17Cl2NO3S. The lowest BCUT2D eigenvalue weighted by molar-refractivity contribution is -0.133. The van der Waals surface area contributed by atoms with Crippen molar-refractivity contribution in [2.75, 3.05) is 18.1 Å². The molecule has 2 rings (SSSR count). The van der Waals surface area contributed by atoms with E-state index >= 15 is 0 Å². The van der Waals surface area contributed by atoms with Crippen LogP contribution in [0.5, 0.6) is 0 Å². The molecule has 0 unspecified atom stereocenters. The van der Waals surface area contributed by atoms with Crippen molar-refractivity contribution in [3.63, 3.8) is 0 Å². The minimum absolute atomic E-state index is 0.0679. The van der Waals surface area contributed by atoms with E-state index < -0.39 is 5.97 Å². The molecule has 2 N–H and O–H groups in total. The van der Waals surface area contributed by atoms with Crippen molar-refractivity contribution in [2.24, 2.45) is 0 Å². The molecule has 0 aromatic heterocycles. The van der Waals surface area contributed by atoms with Gasteiger partial charge in [-0.25, -0.2) is 0 Å². The first-order valence-corrected chi connectivity index (χ1v) is 8.86. The van der Waals surface area contributed by atoms with Crippen molar-refractivity contribution >= 4 is 46.8 Å². The third-order valence-electron chi connectivity index (χ3n) is 3.90. The topological polar surface area (TPSA) is 66.4 Å². The summed E-state index contributed by atoms with van der Waals surface area (Å²) in [6.45, 7) is 0.515. The maximum Gasteiger partial charge on any atom is 0.313 e. The van der Waals surface area contributed by atoms with Gasteiger partial charge >= 0.3 is 5.97 Å². The predicted octanol–water partition coefficient (Wildman–Crippen LogP) is 3.35. The zero-order valence-corrected chi connectivity index (χ0v) is 14.2. The third kappa shape index (κ3) is 4.31. The fourth-order valence-corrected chi connectivity index (χ4v) is 3.79. The van der Waals surface area contributed by atoms with E-state index in [1.54, 1.807) is 6.07 Å². The van der Waals surface area contributed by atoms with E-state index in [1.165, 1.54) is 0 Å². The highest BCUT2D eigenvalue weighted by Crippen LogP contribution is 2.46. The summed E-state index contributed by atoms with van der Waals surface area (Å²) in [5.74, 6) is -0.984. The predicted molar refractivity (Wildman–Crippen MR) is 90.0 cm³/mol. The summed E-state index contributed by atoms with van der Waals surface area (Å²) < 4.78 is 0. The van der Waals surface area contributed by atoms with Gasteiger partial charge in [-0.05, 0) is 30.5 Å². The summed E-state index contributed by atoms with van der Waals surface area (Å²) in [6.07, 6.45) is 3.04. The Hall–Kier alpha value is -0.910. The highest BCUT2D eigenvalue weighted by Gasteiger charge is 2.40. The van der Waals surface area contributed by atoms with E-state index in [2.05, 4.69) is 5.32 Å². The summed E-state index contributed by atoms with van der Waals surface area (Å²) in [4.78, 5) is 22.2. The fourth-order valence-electron chi connectivity index (χ4n) is 2.61. The van der Waals surface area contributed by atoms with Crippen LogP contribution in [0.15, 0.2) is 18.2 Å². The van der Waals surface area contributed by atoms with Crippen molar-refractivity contribution in [3.05, 3.63) is 33.8 Å². The maximum absolute atomic E-state index is 11.8. The number of carbonyl (C=O) groups excluding carboxylic acids is 1. The van der Waals surface area contributed by atoms with Gasteiger partial charge in [-0.3, -0.25) is 9.59 Å². The van der Waals surface area contributed by atoms with Gasteiger partial charge in [0.2, 0.25) is 5.91 Å². The molecule has 1 saturated carbocycles. The van der Waals surface area contributed by atoms with Crippen LogP contribution in [0.4, 0.5) is 0 Å². The number of nitrogens with one attached hydrogen (secondary N) is 1. The van der Waals surface area contributed by atoms with Crippen LogP contribution in [0.2, 0.25) is 10.0 Å². The standard InChI is InChI=1S/C15H17Cl2NO3S/c16-10-2-3-11(12(17)6-10)15(4-1-5-15)9-18-13(19)7-22-8-14(20)21/h2-3,6H,1,4-5,7-9H2,(H,18,19)(H,20,21). The molecule has 1 aliphatic rings. The van der Waals surface area contributed by atoms with Gasteiger partial charge in [-0.2, -0.15) is 0 Å². The van der Waals surface area contributed by atoms with Crippen LogP contribution in [0, 0.1) is 0 Å². The Bertz CT molecular complexity index is 576. The van der Waals surface area contributed by atoms with Crippen molar-refractivity contribution < 1.29 is 14.7 Å². The number of benzene rings is 1. The summed E-state index contributed by atoms with van der Waals surface area (Å²) in [6, 6.07) is 5.46. The molecule has 4 nitrogen and oxygen atoms in total. The largest absolute Gasteiger partial charge is 0.481 e. The van der Waals surface area contributed by atoms with Gasteiger partial charge in [0.1, 0.15) is 0 Å². The molecule has 0 saturated heterocycles. The number of amides is 1. The van der Waals surface area contributed by atoms with Crippen LogP contribution in [-0.2, 0) is 15.0 Å². The van der Waals surface area contributed by atoms with E-state index in [4.69, 9.17) is 28.3 Å². The number of halogens is 2. The number of aliphatic carboxylic acids is 1. The molecule has 1 aromatic rings. The lowest BCUT2D eigenvalue weighted by Crippen LogP contribution is -2.46. The second kappa shape index (κ2) is 7.57. The zero-order chi connectivity index (χ0) is 16.2. The van der Waals surface area contributed by atoms with Crippen LogP contribution < -0.4 is 5.32 Å². The van der Waals surface area contributed by atoms with Crippen LogP contribution in [-0.4, -0.2) is 35.0 Å². The monoisotopic (exact) mass is 361 g/mol. The summed E-state index contributed by atoms with van der Waals surface area (Å²) >= 11 is 13.3. The van der Waals surface area contributed by atoms with Gasteiger partial charge in [0, 0.05) is 22.0 Å². The number of carboxylic acids is 1. The molecule has 1 amide bonds. The van der Waals surface area contributed by atoms with Crippen molar-refractivity contribution in [1.82, 2.24) is 5.32 Å². The smallest absolute Gasteiger partial charge is 0.313 e. The van der Waals surface area contributed by atoms with Crippen molar-refractivity contribution in [2.45, 2.75) is 24.7 Å². The van der Waals surface area contributed by atoms with Gasteiger partial charge in [0.25, 0.3) is 0 Å². The minimum atomic E-state index is -0.916. The number of hydrogen-bond acceptors (Lipinski definition) is 3. The molecule has 7 heteroatoms. The van der Waals surface area contributed by atoms with Gasteiger partial charge in [0.05, 0.1) is 11.5 Å². The van der Waals surface area contributed by atoms with Crippen molar-refractivity contribution in [3.8, 4) is 0 Å². The molecule has 1 aromatic carbocycles. The molecule has 22 heavy (non-hydrogen) atoms. The quantitative estimate of drug-likeness (QED) is 0.781. The highest BCUT2D eigenvalue weighted by atomic mass is 35.5. The molecule has 1 fully saturated rings. The van der Waals surface area contributed by atoms with E-state index in [9.17, 15) is 9.59 Å². The van der Waals surface area contributed by atoms with Gasteiger partial charge in [0.15, 0.2) is 0 Å². The molecular weight excluding hydrogens is 345 g/mol. The van der Waals surface area contributed by atoms with Gasteiger partial charge in [-0.15, -0.1) is 11.8 Å². The Kier molecular flexibility index (Phi) is 6.01. The Morgan fingerprint density at radius 3 is 2.55 bits per heavy atom. The summed E-state index contributed by atoms with van der Waals surface area (Å²) in [5, 5.41) is 12.7. The second-order valence-corrected chi connectivity index (χ2v) is 7.25. The first kappa shape index (κ1) is 17.4. The molecule has 0 heterocycles. The van der Waals surface area contributed by atoms with E-state index in [0.29, 0.717) is 16.6 Å². The summed E-state index contributed by atoms with van der Waals surface area (Å²) in [7, 11) is 0. The third-order valence-corrected chi connectivity index (χ3v) is 5.36. The highest BCUT2D eigenvalue weighted by molar-refractivity contribution is 8.00.